The molecule has 0 atom stereocenters. The lowest BCUT2D eigenvalue weighted by atomic mass is 9.68. The topological polar surface area (TPSA) is 42.4 Å². The molecule has 3 heteroatoms. The molecule has 1 aliphatic carbocycles. The van der Waals surface area contributed by atoms with Gasteiger partial charge in [-0.1, -0.05) is 19.3 Å². The molecule has 2 heterocycles. The van der Waals surface area contributed by atoms with E-state index in [4.69, 9.17) is 10.2 Å². The van der Waals surface area contributed by atoms with Gasteiger partial charge in [-0.05, 0) is 56.3 Å². The van der Waals surface area contributed by atoms with Crippen LogP contribution in [0.1, 0.15) is 56.5 Å². The van der Waals surface area contributed by atoms with Crippen LogP contribution in [0.15, 0.2) is 16.5 Å². The van der Waals surface area contributed by atoms with Crippen molar-refractivity contribution in [2.75, 3.05) is 13.1 Å². The van der Waals surface area contributed by atoms with Gasteiger partial charge in [-0.3, -0.25) is 4.90 Å². The van der Waals surface area contributed by atoms with E-state index in [-0.39, 0.29) is 0 Å². The van der Waals surface area contributed by atoms with E-state index < -0.39 is 0 Å². The van der Waals surface area contributed by atoms with Gasteiger partial charge >= 0.3 is 0 Å². The average molecular weight is 262 g/mol. The summed E-state index contributed by atoms with van der Waals surface area (Å²) in [6.45, 7) is 3.93. The maximum atomic E-state index is 5.71. The number of furan rings is 1. The van der Waals surface area contributed by atoms with Crippen LogP contribution < -0.4 is 5.73 Å². The zero-order valence-corrected chi connectivity index (χ0v) is 11.9. The van der Waals surface area contributed by atoms with Crippen molar-refractivity contribution < 1.29 is 4.42 Å². The Bertz CT molecular complexity index is 397. The van der Waals surface area contributed by atoms with Crippen molar-refractivity contribution in [2.45, 2.75) is 58.0 Å². The molecule has 2 aliphatic rings. The van der Waals surface area contributed by atoms with Gasteiger partial charge in [0.1, 0.15) is 11.5 Å². The standard InChI is InChI=1S/C16H26N2O/c17-12-14-4-5-15(19-14)13-18-10-8-16(9-11-18)6-2-1-3-7-16/h4-5H,1-3,6-13,17H2. The van der Waals surface area contributed by atoms with Crippen molar-refractivity contribution in [1.29, 1.82) is 0 Å². The average Bonchev–Trinajstić information content (AvgIpc) is 2.90. The molecule has 3 rings (SSSR count). The quantitative estimate of drug-likeness (QED) is 0.909. The molecule has 0 aromatic carbocycles. The Morgan fingerprint density at radius 3 is 2.32 bits per heavy atom. The molecule has 106 valence electrons. The number of likely N-dealkylation sites (tertiary alicyclic amines) is 1. The first-order valence-corrected chi connectivity index (χ1v) is 7.80. The molecular weight excluding hydrogens is 236 g/mol. The molecule has 1 spiro atoms. The van der Waals surface area contributed by atoms with Crippen molar-refractivity contribution in [3.63, 3.8) is 0 Å². The molecule has 2 fully saturated rings. The highest BCUT2D eigenvalue weighted by atomic mass is 16.3. The summed E-state index contributed by atoms with van der Waals surface area (Å²) in [5, 5.41) is 0. The van der Waals surface area contributed by atoms with Crippen LogP contribution in [0.25, 0.3) is 0 Å². The van der Waals surface area contributed by atoms with Gasteiger partial charge in [-0.25, -0.2) is 0 Å². The lowest BCUT2D eigenvalue weighted by Gasteiger charge is -2.44. The Morgan fingerprint density at radius 1 is 1.00 bits per heavy atom. The molecule has 1 aromatic heterocycles. The van der Waals surface area contributed by atoms with Crippen molar-refractivity contribution in [3.8, 4) is 0 Å². The van der Waals surface area contributed by atoms with Crippen molar-refractivity contribution >= 4 is 0 Å². The van der Waals surface area contributed by atoms with Crippen LogP contribution in [0.2, 0.25) is 0 Å². The monoisotopic (exact) mass is 262 g/mol. The van der Waals surface area contributed by atoms with E-state index in [0.717, 1.165) is 18.1 Å². The van der Waals surface area contributed by atoms with Crippen molar-refractivity contribution in [2.24, 2.45) is 11.1 Å². The van der Waals surface area contributed by atoms with Gasteiger partial charge in [0, 0.05) is 0 Å². The highest BCUT2D eigenvalue weighted by Gasteiger charge is 2.35. The van der Waals surface area contributed by atoms with E-state index in [1.54, 1.807) is 0 Å². The third-order valence-corrected chi connectivity index (χ3v) is 5.13. The third kappa shape index (κ3) is 3.03. The molecule has 19 heavy (non-hydrogen) atoms. The van der Waals surface area contributed by atoms with Gasteiger partial charge in [0.05, 0.1) is 13.1 Å². The second-order valence-corrected chi connectivity index (χ2v) is 6.41. The number of nitrogens with zero attached hydrogens (tertiary/aromatic N) is 1. The Hall–Kier alpha value is -0.800. The van der Waals surface area contributed by atoms with Crippen LogP contribution in [0.5, 0.6) is 0 Å². The third-order valence-electron chi connectivity index (χ3n) is 5.13. The highest BCUT2D eigenvalue weighted by molar-refractivity contribution is 5.07. The first kappa shape index (κ1) is 13.2. The van der Waals surface area contributed by atoms with Gasteiger partial charge in [0.15, 0.2) is 0 Å². The second kappa shape index (κ2) is 5.68. The van der Waals surface area contributed by atoms with Crippen molar-refractivity contribution in [1.82, 2.24) is 4.90 Å². The molecule has 1 aliphatic heterocycles. The number of rotatable bonds is 3. The SMILES string of the molecule is NCc1ccc(CN2CCC3(CCCCC3)CC2)o1. The molecule has 1 saturated heterocycles. The summed E-state index contributed by atoms with van der Waals surface area (Å²) < 4.78 is 5.71. The molecular formula is C16H26N2O. The fraction of sp³-hybridized carbons (Fsp3) is 0.750. The first-order chi connectivity index (χ1) is 9.30. The minimum absolute atomic E-state index is 0.503. The van der Waals surface area contributed by atoms with Gasteiger partial charge in [-0.15, -0.1) is 0 Å². The van der Waals surface area contributed by atoms with E-state index in [0.29, 0.717) is 12.0 Å². The number of piperidine rings is 1. The molecule has 0 bridgehead atoms. The Labute approximate surface area is 116 Å². The molecule has 0 radical (unpaired) electrons. The smallest absolute Gasteiger partial charge is 0.118 e. The normalized spacial score (nSPS) is 23.8. The van der Waals surface area contributed by atoms with Gasteiger partial charge in [0.25, 0.3) is 0 Å². The highest BCUT2D eigenvalue weighted by Crippen LogP contribution is 2.44. The summed E-state index contributed by atoms with van der Waals surface area (Å²) in [6, 6.07) is 4.08. The van der Waals surface area contributed by atoms with E-state index in [9.17, 15) is 0 Å². The van der Waals surface area contributed by atoms with Crippen LogP contribution in [0, 0.1) is 5.41 Å². The van der Waals surface area contributed by atoms with Crippen LogP contribution in [-0.2, 0) is 13.1 Å². The summed E-state index contributed by atoms with van der Waals surface area (Å²) in [7, 11) is 0. The molecule has 1 aromatic rings. The first-order valence-electron chi connectivity index (χ1n) is 7.80. The molecule has 0 amide bonds. The maximum absolute atomic E-state index is 5.71. The Morgan fingerprint density at radius 2 is 1.68 bits per heavy atom. The zero-order valence-electron chi connectivity index (χ0n) is 11.9. The van der Waals surface area contributed by atoms with Gasteiger partial charge < -0.3 is 10.2 Å². The number of hydrogen-bond acceptors (Lipinski definition) is 3. The molecule has 0 unspecified atom stereocenters. The van der Waals surface area contributed by atoms with E-state index in [2.05, 4.69) is 11.0 Å². The van der Waals surface area contributed by atoms with Crippen LogP contribution in [0.4, 0.5) is 0 Å². The second-order valence-electron chi connectivity index (χ2n) is 6.41. The van der Waals surface area contributed by atoms with E-state index in [1.807, 2.05) is 6.07 Å². The minimum Gasteiger partial charge on any atom is -0.463 e. The predicted molar refractivity (Wildman–Crippen MR) is 76.6 cm³/mol. The number of nitrogens with two attached hydrogens (primary N) is 1. The van der Waals surface area contributed by atoms with Gasteiger partial charge in [-0.2, -0.15) is 0 Å². The summed E-state index contributed by atoms with van der Waals surface area (Å²) in [5.74, 6) is 1.97. The van der Waals surface area contributed by atoms with E-state index in [1.165, 1.54) is 58.0 Å². The van der Waals surface area contributed by atoms with Crippen LogP contribution in [-0.4, -0.2) is 18.0 Å². The fourth-order valence-electron chi connectivity index (χ4n) is 3.82. The molecule has 2 N–H and O–H groups in total. The molecule has 1 saturated carbocycles. The van der Waals surface area contributed by atoms with Crippen LogP contribution >= 0.6 is 0 Å². The van der Waals surface area contributed by atoms with Gasteiger partial charge in [0.2, 0.25) is 0 Å². The van der Waals surface area contributed by atoms with Crippen LogP contribution in [0.3, 0.4) is 0 Å². The number of hydrogen-bond donors (Lipinski definition) is 1. The minimum atomic E-state index is 0.503. The lowest BCUT2D eigenvalue weighted by molar-refractivity contribution is 0.0606. The van der Waals surface area contributed by atoms with Crippen molar-refractivity contribution in [3.05, 3.63) is 23.7 Å². The maximum Gasteiger partial charge on any atom is 0.118 e. The summed E-state index contributed by atoms with van der Waals surface area (Å²) in [4.78, 5) is 2.54. The lowest BCUT2D eigenvalue weighted by Crippen LogP contribution is -2.40. The zero-order chi connectivity index (χ0) is 13.1. The summed E-state index contributed by atoms with van der Waals surface area (Å²) >= 11 is 0. The summed E-state index contributed by atoms with van der Waals surface area (Å²) in [5.41, 5.74) is 6.28. The fourth-order valence-corrected chi connectivity index (χ4v) is 3.82. The predicted octanol–water partition coefficient (Wildman–Crippen LogP) is 3.28. The summed E-state index contributed by atoms with van der Waals surface area (Å²) in [6.07, 6.45) is 10.1. The largest absolute Gasteiger partial charge is 0.463 e. The molecule has 3 nitrogen and oxygen atoms in total. The Balaban J connectivity index is 1.52. The van der Waals surface area contributed by atoms with E-state index >= 15 is 0 Å². The Kier molecular flexibility index (Phi) is 3.94.